The zero-order valence-electron chi connectivity index (χ0n) is 21.7. The highest BCUT2D eigenvalue weighted by molar-refractivity contribution is 5.99. The van der Waals surface area contributed by atoms with E-state index < -0.39 is 0 Å². The second-order valence-electron chi connectivity index (χ2n) is 8.90. The maximum absolute atomic E-state index is 4.62. The number of nitrogens with one attached hydrogen (secondary N) is 3. The normalized spacial score (nSPS) is 11.9. The summed E-state index contributed by atoms with van der Waals surface area (Å²) in [6.45, 7) is 10.3. The van der Waals surface area contributed by atoms with Gasteiger partial charge in [-0.05, 0) is 74.2 Å². The van der Waals surface area contributed by atoms with Crippen LogP contribution in [0.15, 0.2) is 83.5 Å². The van der Waals surface area contributed by atoms with Crippen molar-refractivity contribution in [2.75, 3.05) is 16.2 Å². The van der Waals surface area contributed by atoms with Crippen LogP contribution in [0.25, 0.3) is 0 Å². The number of aryl methyl sites for hydroxylation is 1. The summed E-state index contributed by atoms with van der Waals surface area (Å²) in [5, 5.41) is 12.3. The van der Waals surface area contributed by atoms with Crippen molar-refractivity contribution in [3.05, 3.63) is 95.6 Å². The Balaban J connectivity index is 1.61. The summed E-state index contributed by atoms with van der Waals surface area (Å²) in [7, 11) is 0. The first-order valence-corrected chi connectivity index (χ1v) is 12.1. The number of nitrogens with zero attached hydrogens (tertiary/aromatic N) is 6. The van der Waals surface area contributed by atoms with Crippen LogP contribution in [-0.4, -0.2) is 31.4 Å². The Labute approximate surface area is 217 Å². The summed E-state index contributed by atoms with van der Waals surface area (Å²) in [4.78, 5) is 17.4. The number of hydrogen-bond donors (Lipinski definition) is 3. The van der Waals surface area contributed by atoms with E-state index in [1.807, 2.05) is 44.2 Å². The van der Waals surface area contributed by atoms with E-state index in [1.54, 1.807) is 30.9 Å². The molecule has 37 heavy (non-hydrogen) atoms. The molecule has 3 N–H and O–H groups in total. The van der Waals surface area contributed by atoms with Gasteiger partial charge in [0.25, 0.3) is 0 Å². The monoisotopic (exact) mass is 493 g/mol. The van der Waals surface area contributed by atoms with Gasteiger partial charge in [0.15, 0.2) is 11.6 Å². The lowest BCUT2D eigenvalue weighted by molar-refractivity contribution is 0.857. The number of hydrogen-bond acceptors (Lipinski definition) is 9. The highest BCUT2D eigenvalue weighted by Gasteiger charge is 2.09. The summed E-state index contributed by atoms with van der Waals surface area (Å²) in [6.07, 6.45) is 6.94. The number of benzene rings is 1. The van der Waals surface area contributed by atoms with Crippen molar-refractivity contribution in [1.29, 1.82) is 0 Å². The molecule has 3 aromatic heterocycles. The predicted octanol–water partition coefficient (Wildman–Crippen LogP) is 6.11. The fraction of sp³-hybridized carbons (Fsp3) is 0.214. The summed E-state index contributed by atoms with van der Waals surface area (Å²) in [6, 6.07) is 15.6. The minimum absolute atomic E-state index is 0.415. The van der Waals surface area contributed by atoms with Gasteiger partial charge >= 0.3 is 0 Å². The SMILES string of the molecule is CC(=NNc1cc(NN=C(C)c2ccncc2)nc(Nc2ccc(C(C)C)c(C)c2)n1)c1ccncc1. The molecule has 0 spiro atoms. The van der Waals surface area contributed by atoms with Crippen LogP contribution in [0, 0.1) is 6.92 Å². The summed E-state index contributed by atoms with van der Waals surface area (Å²) < 4.78 is 0. The molecule has 0 aliphatic heterocycles. The smallest absolute Gasteiger partial charge is 0.231 e. The van der Waals surface area contributed by atoms with Gasteiger partial charge in [-0.25, -0.2) is 0 Å². The van der Waals surface area contributed by atoms with Crippen LogP contribution in [0.2, 0.25) is 0 Å². The van der Waals surface area contributed by atoms with E-state index in [9.17, 15) is 0 Å². The van der Waals surface area contributed by atoms with E-state index in [0.717, 1.165) is 28.2 Å². The molecular formula is C28H31N9. The van der Waals surface area contributed by atoms with Crippen LogP contribution in [0.4, 0.5) is 23.3 Å². The first-order chi connectivity index (χ1) is 17.9. The number of pyridine rings is 2. The molecule has 0 radical (unpaired) electrons. The van der Waals surface area contributed by atoms with Crippen molar-refractivity contribution in [3.63, 3.8) is 0 Å². The van der Waals surface area contributed by atoms with E-state index in [2.05, 4.69) is 79.2 Å². The largest absolute Gasteiger partial charge is 0.324 e. The fourth-order valence-electron chi connectivity index (χ4n) is 3.75. The Kier molecular flexibility index (Phi) is 8.15. The molecule has 0 unspecified atom stereocenters. The third-order valence-electron chi connectivity index (χ3n) is 5.75. The summed E-state index contributed by atoms with van der Waals surface area (Å²) in [5.74, 6) is 1.90. The molecule has 0 saturated heterocycles. The van der Waals surface area contributed by atoms with Crippen LogP contribution < -0.4 is 16.2 Å². The van der Waals surface area contributed by atoms with Gasteiger partial charge in [0.05, 0.1) is 11.4 Å². The molecule has 0 bridgehead atoms. The van der Waals surface area contributed by atoms with E-state index in [0.29, 0.717) is 23.5 Å². The maximum atomic E-state index is 4.62. The van der Waals surface area contributed by atoms with Gasteiger partial charge in [-0.2, -0.15) is 20.2 Å². The Morgan fingerprint density at radius 3 is 1.70 bits per heavy atom. The van der Waals surface area contributed by atoms with Crippen molar-refractivity contribution in [3.8, 4) is 0 Å². The van der Waals surface area contributed by atoms with Crippen LogP contribution in [0.5, 0.6) is 0 Å². The number of anilines is 4. The molecule has 0 atom stereocenters. The minimum Gasteiger partial charge on any atom is -0.324 e. The quantitative estimate of drug-likeness (QED) is 0.190. The third-order valence-corrected chi connectivity index (χ3v) is 5.75. The van der Waals surface area contributed by atoms with Gasteiger partial charge in [-0.1, -0.05) is 19.9 Å². The maximum Gasteiger partial charge on any atom is 0.231 e. The lowest BCUT2D eigenvalue weighted by Crippen LogP contribution is -2.07. The second-order valence-corrected chi connectivity index (χ2v) is 8.90. The minimum atomic E-state index is 0.415. The molecule has 188 valence electrons. The molecule has 0 fully saturated rings. The number of rotatable bonds is 9. The zero-order valence-corrected chi connectivity index (χ0v) is 21.7. The molecule has 0 saturated carbocycles. The summed E-state index contributed by atoms with van der Waals surface area (Å²) in [5.41, 5.74) is 13.0. The topological polar surface area (TPSA) is 112 Å². The van der Waals surface area contributed by atoms with Crippen molar-refractivity contribution in [2.24, 2.45) is 10.2 Å². The summed E-state index contributed by atoms with van der Waals surface area (Å²) >= 11 is 0. The van der Waals surface area contributed by atoms with Crippen molar-refractivity contribution in [1.82, 2.24) is 19.9 Å². The third kappa shape index (κ3) is 6.94. The Morgan fingerprint density at radius 1 is 0.730 bits per heavy atom. The number of aromatic nitrogens is 4. The molecule has 3 heterocycles. The first kappa shape index (κ1) is 25.4. The Morgan fingerprint density at radius 2 is 1.24 bits per heavy atom. The van der Waals surface area contributed by atoms with Gasteiger partial charge in [-0.15, -0.1) is 0 Å². The second kappa shape index (κ2) is 11.9. The average molecular weight is 494 g/mol. The lowest BCUT2D eigenvalue weighted by Gasteiger charge is -2.13. The van der Waals surface area contributed by atoms with Crippen molar-refractivity contribution in [2.45, 2.75) is 40.5 Å². The zero-order chi connectivity index (χ0) is 26.2. The van der Waals surface area contributed by atoms with Gasteiger partial charge in [0.2, 0.25) is 5.95 Å². The van der Waals surface area contributed by atoms with Gasteiger partial charge in [-0.3, -0.25) is 20.8 Å². The van der Waals surface area contributed by atoms with Crippen molar-refractivity contribution < 1.29 is 0 Å². The molecular weight excluding hydrogens is 462 g/mol. The highest BCUT2D eigenvalue weighted by Crippen LogP contribution is 2.25. The van der Waals surface area contributed by atoms with Crippen LogP contribution in [-0.2, 0) is 0 Å². The fourth-order valence-corrected chi connectivity index (χ4v) is 3.75. The van der Waals surface area contributed by atoms with Crippen molar-refractivity contribution >= 4 is 34.7 Å². The standard InChI is InChI=1S/C28H31N9/c1-18(2)25-7-6-24(16-19(25)3)31-28-32-26(36-34-20(4)22-8-12-29-13-9-22)17-27(33-28)37-35-21(5)23-10-14-30-15-11-23/h6-18H,1-5H3,(H3,31,32,33,36,37). The molecule has 0 aliphatic carbocycles. The predicted molar refractivity (Wildman–Crippen MR) is 151 cm³/mol. The molecule has 4 rings (SSSR count). The van der Waals surface area contributed by atoms with Crippen LogP contribution in [0.3, 0.4) is 0 Å². The lowest BCUT2D eigenvalue weighted by atomic mass is 9.98. The van der Waals surface area contributed by atoms with Gasteiger partial charge in [0.1, 0.15) is 0 Å². The average Bonchev–Trinajstić information content (AvgIpc) is 2.91. The van der Waals surface area contributed by atoms with E-state index in [4.69, 9.17) is 0 Å². The van der Waals surface area contributed by atoms with E-state index in [1.165, 1.54) is 11.1 Å². The highest BCUT2D eigenvalue weighted by atomic mass is 15.4. The number of hydrazone groups is 2. The molecule has 0 amide bonds. The molecule has 9 nitrogen and oxygen atoms in total. The van der Waals surface area contributed by atoms with Crippen LogP contribution >= 0.6 is 0 Å². The van der Waals surface area contributed by atoms with Crippen LogP contribution in [0.1, 0.15) is 55.9 Å². The molecule has 9 heteroatoms. The Bertz CT molecular complexity index is 1320. The Hall–Kier alpha value is -4.66. The first-order valence-electron chi connectivity index (χ1n) is 12.1. The van der Waals surface area contributed by atoms with Gasteiger partial charge < -0.3 is 5.32 Å². The van der Waals surface area contributed by atoms with E-state index >= 15 is 0 Å². The van der Waals surface area contributed by atoms with Gasteiger partial charge in [0, 0.05) is 47.7 Å². The molecule has 4 aromatic rings. The molecule has 1 aromatic carbocycles. The molecule has 0 aliphatic rings. The van der Waals surface area contributed by atoms with E-state index in [-0.39, 0.29) is 0 Å².